The molecule has 0 bridgehead atoms. The van der Waals surface area contributed by atoms with Crippen LogP contribution in [-0.4, -0.2) is 37.6 Å². The molecule has 0 atom stereocenters. The first-order valence-electron chi connectivity index (χ1n) is 7.87. The number of carbonyl (C=O) groups excluding carboxylic acids is 2. The quantitative estimate of drug-likeness (QED) is 0.481. The van der Waals surface area contributed by atoms with Gasteiger partial charge in [0.1, 0.15) is 0 Å². The van der Waals surface area contributed by atoms with Gasteiger partial charge in [0.25, 0.3) is 5.56 Å². The van der Waals surface area contributed by atoms with Crippen LogP contribution in [0.4, 0.5) is 5.13 Å². The van der Waals surface area contributed by atoms with Gasteiger partial charge in [0.05, 0.1) is 16.3 Å². The summed E-state index contributed by atoms with van der Waals surface area (Å²) in [5.41, 5.74) is 1.10. The first kappa shape index (κ1) is 18.9. The molecule has 0 unspecified atom stereocenters. The van der Waals surface area contributed by atoms with Crippen molar-refractivity contribution in [3.8, 4) is 11.3 Å². The summed E-state index contributed by atoms with van der Waals surface area (Å²) in [6, 6.07) is 9.00. The Morgan fingerprint density at radius 1 is 1.22 bits per heavy atom. The molecule has 2 heterocycles. The Morgan fingerprint density at radius 3 is 2.59 bits per heavy atom. The molecule has 2 aromatic heterocycles. The van der Waals surface area contributed by atoms with Crippen molar-refractivity contribution in [1.82, 2.24) is 20.2 Å². The van der Waals surface area contributed by atoms with E-state index >= 15 is 0 Å². The maximum Gasteiger partial charge on any atom is 0.278 e. The molecule has 0 saturated heterocycles. The highest BCUT2D eigenvalue weighted by Crippen LogP contribution is 2.23. The minimum atomic E-state index is -0.374. The summed E-state index contributed by atoms with van der Waals surface area (Å²) in [5, 5.41) is 11.2. The van der Waals surface area contributed by atoms with Crippen LogP contribution in [-0.2, 0) is 4.79 Å². The number of amides is 1. The molecule has 0 spiro atoms. The topological polar surface area (TPSA) is 118 Å². The lowest BCUT2D eigenvalue weighted by atomic mass is 10.2. The second-order valence-electron chi connectivity index (χ2n) is 5.50. The summed E-state index contributed by atoms with van der Waals surface area (Å²) in [4.78, 5) is 43.0. The number of hydrogen-bond acceptors (Lipinski definition) is 8. The van der Waals surface area contributed by atoms with Gasteiger partial charge in [-0.15, -0.1) is 10.2 Å². The summed E-state index contributed by atoms with van der Waals surface area (Å²) >= 11 is 2.18. The second-order valence-corrected chi connectivity index (χ2v) is 7.46. The second kappa shape index (κ2) is 8.23. The highest BCUT2D eigenvalue weighted by Gasteiger charge is 2.14. The summed E-state index contributed by atoms with van der Waals surface area (Å²) in [5.74, 6) is -0.395. The minimum absolute atomic E-state index is 0.0172. The van der Waals surface area contributed by atoms with E-state index in [1.54, 1.807) is 31.2 Å². The number of benzene rings is 1. The largest absolute Gasteiger partial charge is 0.301 e. The van der Waals surface area contributed by atoms with Crippen molar-refractivity contribution in [1.29, 1.82) is 0 Å². The van der Waals surface area contributed by atoms with Gasteiger partial charge >= 0.3 is 0 Å². The zero-order chi connectivity index (χ0) is 19.4. The smallest absolute Gasteiger partial charge is 0.278 e. The molecule has 0 aliphatic carbocycles. The lowest BCUT2D eigenvalue weighted by molar-refractivity contribution is -0.113. The van der Waals surface area contributed by atoms with E-state index in [-0.39, 0.29) is 33.9 Å². The summed E-state index contributed by atoms with van der Waals surface area (Å²) < 4.78 is 0. The van der Waals surface area contributed by atoms with Gasteiger partial charge in [-0.3, -0.25) is 19.4 Å². The summed E-state index contributed by atoms with van der Waals surface area (Å²) in [6.07, 6.45) is 0. The Kier molecular flexibility index (Phi) is 5.77. The molecule has 3 rings (SSSR count). The predicted octanol–water partition coefficient (Wildman–Crippen LogP) is 2.53. The number of Topliss-reactive ketones (excluding diaryl/α,β-unsaturated/α-hetero) is 1. The van der Waals surface area contributed by atoms with Gasteiger partial charge in [-0.2, -0.15) is 0 Å². The molecule has 8 nitrogen and oxygen atoms in total. The summed E-state index contributed by atoms with van der Waals surface area (Å²) in [6.45, 7) is 3.17. The van der Waals surface area contributed by atoms with Gasteiger partial charge in [0, 0.05) is 12.5 Å². The highest BCUT2D eigenvalue weighted by atomic mass is 32.2. The van der Waals surface area contributed by atoms with Gasteiger partial charge in [0.2, 0.25) is 5.91 Å². The number of hydrogen-bond donors (Lipinski definition) is 2. The van der Waals surface area contributed by atoms with Crippen LogP contribution >= 0.6 is 23.1 Å². The fourth-order valence-corrected chi connectivity index (χ4v) is 3.72. The Balaban J connectivity index is 1.62. The number of anilines is 1. The van der Waals surface area contributed by atoms with E-state index < -0.39 is 0 Å². The van der Waals surface area contributed by atoms with Crippen LogP contribution in [0.5, 0.6) is 0 Å². The van der Waals surface area contributed by atoms with Crippen molar-refractivity contribution in [2.24, 2.45) is 0 Å². The average molecular weight is 401 g/mol. The first-order valence-corrected chi connectivity index (χ1v) is 9.67. The number of aromatic amines is 1. The van der Waals surface area contributed by atoms with Crippen molar-refractivity contribution in [2.75, 3.05) is 11.1 Å². The molecule has 3 aromatic rings. The fraction of sp³-hybridized carbons (Fsp3) is 0.176. The molecular weight excluding hydrogens is 386 g/mol. The van der Waals surface area contributed by atoms with E-state index in [0.29, 0.717) is 21.3 Å². The summed E-state index contributed by atoms with van der Waals surface area (Å²) in [7, 11) is 0. The Hall–Kier alpha value is -2.85. The number of thioether (sulfide) groups is 1. The molecule has 27 heavy (non-hydrogen) atoms. The Bertz CT molecular complexity index is 1050. The first-order chi connectivity index (χ1) is 12.9. The monoisotopic (exact) mass is 401 g/mol. The molecule has 10 heteroatoms. The highest BCUT2D eigenvalue weighted by molar-refractivity contribution is 7.99. The van der Waals surface area contributed by atoms with Gasteiger partial charge < -0.3 is 5.32 Å². The molecule has 0 aliphatic rings. The van der Waals surface area contributed by atoms with Crippen LogP contribution in [0.3, 0.4) is 0 Å². The number of rotatable bonds is 6. The third kappa shape index (κ3) is 4.66. The van der Waals surface area contributed by atoms with E-state index in [2.05, 4.69) is 25.5 Å². The van der Waals surface area contributed by atoms with Crippen LogP contribution < -0.4 is 10.9 Å². The van der Waals surface area contributed by atoms with Crippen molar-refractivity contribution in [3.63, 3.8) is 0 Å². The number of thiazole rings is 1. The Morgan fingerprint density at radius 2 is 1.96 bits per heavy atom. The fourth-order valence-electron chi connectivity index (χ4n) is 2.24. The van der Waals surface area contributed by atoms with Crippen molar-refractivity contribution >= 4 is 39.9 Å². The number of aryl methyl sites for hydroxylation is 1. The SMILES string of the molecule is CC(=O)c1sc(NC(=O)CSc2nnc(-c3ccccc3)c(=O)[nH]2)nc1C. The number of nitrogens with zero attached hydrogens (tertiary/aromatic N) is 3. The molecule has 0 fully saturated rings. The van der Waals surface area contributed by atoms with Crippen LogP contribution in [0.15, 0.2) is 40.3 Å². The van der Waals surface area contributed by atoms with Gasteiger partial charge in [0.15, 0.2) is 21.8 Å². The maximum absolute atomic E-state index is 12.2. The van der Waals surface area contributed by atoms with E-state index in [0.717, 1.165) is 23.1 Å². The zero-order valence-corrected chi connectivity index (χ0v) is 16.1. The standard InChI is InChI=1S/C17H15N5O3S2/c1-9-14(10(2)23)27-16(18-9)19-12(24)8-26-17-20-15(25)13(21-22-17)11-6-4-3-5-7-11/h3-7H,8H2,1-2H3,(H,18,19,24)(H,20,22,25). The third-order valence-corrected chi connectivity index (χ3v) is 5.46. The lowest BCUT2D eigenvalue weighted by Gasteiger charge is -2.02. The van der Waals surface area contributed by atoms with E-state index in [1.807, 2.05) is 6.07 Å². The average Bonchev–Trinajstić information content (AvgIpc) is 3.01. The zero-order valence-electron chi connectivity index (χ0n) is 14.5. The number of H-pyrrole nitrogens is 1. The number of carbonyl (C=O) groups is 2. The normalized spacial score (nSPS) is 10.6. The van der Waals surface area contributed by atoms with Crippen LogP contribution in [0, 0.1) is 6.92 Å². The van der Waals surface area contributed by atoms with Crippen molar-refractivity contribution in [2.45, 2.75) is 19.0 Å². The van der Waals surface area contributed by atoms with Gasteiger partial charge in [-0.1, -0.05) is 53.4 Å². The number of aromatic nitrogens is 4. The molecule has 1 aromatic carbocycles. The molecule has 2 N–H and O–H groups in total. The molecule has 0 saturated carbocycles. The van der Waals surface area contributed by atoms with E-state index in [9.17, 15) is 14.4 Å². The molecule has 0 radical (unpaired) electrons. The number of nitrogens with one attached hydrogen (secondary N) is 2. The molecule has 138 valence electrons. The molecule has 1 amide bonds. The molecule has 0 aliphatic heterocycles. The van der Waals surface area contributed by atoms with E-state index in [4.69, 9.17) is 0 Å². The van der Waals surface area contributed by atoms with Gasteiger partial charge in [-0.05, 0) is 6.92 Å². The molecular formula is C17H15N5O3S2. The lowest BCUT2D eigenvalue weighted by Crippen LogP contribution is -2.17. The van der Waals surface area contributed by atoms with Crippen molar-refractivity contribution in [3.05, 3.63) is 51.3 Å². The minimum Gasteiger partial charge on any atom is -0.301 e. The van der Waals surface area contributed by atoms with Crippen LogP contribution in [0.2, 0.25) is 0 Å². The van der Waals surface area contributed by atoms with Gasteiger partial charge in [-0.25, -0.2) is 4.98 Å². The van der Waals surface area contributed by atoms with Crippen molar-refractivity contribution < 1.29 is 9.59 Å². The Labute approximate surface area is 162 Å². The maximum atomic E-state index is 12.2. The van der Waals surface area contributed by atoms with Crippen LogP contribution in [0.1, 0.15) is 22.3 Å². The van der Waals surface area contributed by atoms with E-state index in [1.165, 1.54) is 6.92 Å². The predicted molar refractivity (Wildman–Crippen MR) is 104 cm³/mol. The number of ketones is 1. The van der Waals surface area contributed by atoms with Crippen LogP contribution in [0.25, 0.3) is 11.3 Å². The third-order valence-electron chi connectivity index (χ3n) is 3.43.